The lowest BCUT2D eigenvalue weighted by Crippen LogP contribution is -2.26. The van der Waals surface area contributed by atoms with Gasteiger partial charge in [0, 0.05) is 0 Å². The standard InChI is InChI=1S/C8H3ClF2O4/c9-4-2-1-3(7(12)13)5-6(4)15-8(10,11)14-5/h1-2H,(H,12,13). The lowest BCUT2D eigenvalue weighted by Gasteiger charge is -2.04. The molecule has 1 aliphatic heterocycles. The third-order valence-electron chi connectivity index (χ3n) is 1.74. The number of rotatable bonds is 1. The number of alkyl halides is 2. The zero-order valence-electron chi connectivity index (χ0n) is 6.96. The molecule has 1 aromatic rings. The number of hydrogen-bond acceptors (Lipinski definition) is 3. The average molecular weight is 237 g/mol. The first-order valence-corrected chi connectivity index (χ1v) is 4.10. The van der Waals surface area contributed by atoms with E-state index >= 15 is 0 Å². The summed E-state index contributed by atoms with van der Waals surface area (Å²) in [6, 6.07) is 2.21. The fraction of sp³-hybridized carbons (Fsp3) is 0.125. The zero-order valence-corrected chi connectivity index (χ0v) is 7.72. The summed E-state index contributed by atoms with van der Waals surface area (Å²) in [5.74, 6) is -2.41. The molecule has 0 bridgehead atoms. The molecule has 0 unspecified atom stereocenters. The maximum absolute atomic E-state index is 12.7. The molecule has 0 aromatic heterocycles. The molecule has 1 aromatic carbocycles. The lowest BCUT2D eigenvalue weighted by molar-refractivity contribution is -0.286. The van der Waals surface area contributed by atoms with Gasteiger partial charge in [-0.2, -0.15) is 0 Å². The van der Waals surface area contributed by atoms with Crippen LogP contribution in [-0.2, 0) is 0 Å². The van der Waals surface area contributed by atoms with Gasteiger partial charge in [0.25, 0.3) is 0 Å². The van der Waals surface area contributed by atoms with Crippen LogP contribution < -0.4 is 9.47 Å². The molecule has 1 aliphatic rings. The maximum Gasteiger partial charge on any atom is 0.586 e. The number of hydrogen-bond donors (Lipinski definition) is 1. The number of halogens is 3. The number of ether oxygens (including phenoxy) is 2. The fourth-order valence-corrected chi connectivity index (χ4v) is 1.35. The van der Waals surface area contributed by atoms with Gasteiger partial charge >= 0.3 is 12.3 Å². The largest absolute Gasteiger partial charge is 0.586 e. The van der Waals surface area contributed by atoms with Gasteiger partial charge in [0.1, 0.15) is 5.56 Å². The molecule has 0 saturated heterocycles. The van der Waals surface area contributed by atoms with Gasteiger partial charge in [0.15, 0.2) is 11.5 Å². The molecule has 0 radical (unpaired) electrons. The highest BCUT2D eigenvalue weighted by Gasteiger charge is 2.46. The van der Waals surface area contributed by atoms with E-state index in [-0.39, 0.29) is 5.02 Å². The Bertz CT molecular complexity index is 447. The maximum atomic E-state index is 12.7. The first-order chi connectivity index (χ1) is 6.91. The predicted octanol–water partition coefficient (Wildman–Crippen LogP) is 2.36. The van der Waals surface area contributed by atoms with E-state index in [1.807, 2.05) is 0 Å². The Morgan fingerprint density at radius 1 is 1.33 bits per heavy atom. The molecule has 4 nitrogen and oxygen atoms in total. The Morgan fingerprint density at radius 2 is 1.93 bits per heavy atom. The van der Waals surface area contributed by atoms with Gasteiger partial charge in [-0.05, 0) is 12.1 Å². The smallest absolute Gasteiger partial charge is 0.478 e. The Kier molecular flexibility index (Phi) is 1.97. The van der Waals surface area contributed by atoms with Crippen LogP contribution in [0.4, 0.5) is 8.78 Å². The van der Waals surface area contributed by atoms with Crippen LogP contribution in [0, 0.1) is 0 Å². The minimum atomic E-state index is -3.88. The van der Waals surface area contributed by atoms with Crippen LogP contribution in [0.5, 0.6) is 11.5 Å². The topological polar surface area (TPSA) is 55.8 Å². The Balaban J connectivity index is 2.60. The van der Waals surface area contributed by atoms with Gasteiger partial charge in [0.05, 0.1) is 5.02 Å². The number of benzene rings is 1. The van der Waals surface area contributed by atoms with E-state index in [0.29, 0.717) is 0 Å². The normalized spacial score (nSPS) is 16.5. The van der Waals surface area contributed by atoms with Crippen LogP contribution in [0.1, 0.15) is 10.4 Å². The second-order valence-electron chi connectivity index (χ2n) is 2.73. The third kappa shape index (κ3) is 1.56. The number of aromatic carboxylic acids is 1. The van der Waals surface area contributed by atoms with Crippen molar-refractivity contribution >= 4 is 17.6 Å². The van der Waals surface area contributed by atoms with E-state index in [9.17, 15) is 13.6 Å². The lowest BCUT2D eigenvalue weighted by atomic mass is 10.2. The van der Waals surface area contributed by atoms with Gasteiger partial charge in [-0.1, -0.05) is 11.6 Å². The molecule has 1 N–H and O–H groups in total. The van der Waals surface area contributed by atoms with Crippen molar-refractivity contribution in [2.75, 3.05) is 0 Å². The van der Waals surface area contributed by atoms with Crippen molar-refractivity contribution in [3.8, 4) is 11.5 Å². The zero-order chi connectivity index (χ0) is 11.2. The van der Waals surface area contributed by atoms with Crippen molar-refractivity contribution in [1.29, 1.82) is 0 Å². The fourth-order valence-electron chi connectivity index (χ4n) is 1.16. The molecule has 1 heterocycles. The first kappa shape index (κ1) is 9.97. The number of fused-ring (bicyclic) bond motifs is 1. The quantitative estimate of drug-likeness (QED) is 0.813. The van der Waals surface area contributed by atoms with E-state index in [1.54, 1.807) is 0 Å². The second kappa shape index (κ2) is 2.96. The minimum absolute atomic E-state index is 0.132. The van der Waals surface area contributed by atoms with Crippen molar-refractivity contribution in [2.45, 2.75) is 6.29 Å². The van der Waals surface area contributed by atoms with Gasteiger partial charge in [-0.3, -0.25) is 0 Å². The highest BCUT2D eigenvalue weighted by molar-refractivity contribution is 6.32. The molecule has 7 heteroatoms. The average Bonchev–Trinajstić information content (AvgIpc) is 2.41. The first-order valence-electron chi connectivity index (χ1n) is 3.72. The SMILES string of the molecule is O=C(O)c1ccc(Cl)c2c1OC(F)(F)O2. The van der Waals surface area contributed by atoms with Gasteiger partial charge < -0.3 is 14.6 Å². The molecular formula is C8H3ClF2O4. The molecule has 0 fully saturated rings. The van der Waals surface area contributed by atoms with Crippen LogP contribution in [0.2, 0.25) is 5.02 Å². The molecule has 2 rings (SSSR count). The summed E-state index contributed by atoms with van der Waals surface area (Å²) in [5.41, 5.74) is -0.424. The van der Waals surface area contributed by atoms with E-state index in [2.05, 4.69) is 9.47 Å². The Hall–Kier alpha value is -1.56. The summed E-state index contributed by atoms with van der Waals surface area (Å²) in [4.78, 5) is 10.7. The summed E-state index contributed by atoms with van der Waals surface area (Å²) in [6.07, 6.45) is -3.88. The van der Waals surface area contributed by atoms with Crippen LogP contribution in [-0.4, -0.2) is 17.4 Å². The van der Waals surface area contributed by atoms with E-state index in [0.717, 1.165) is 12.1 Å². The Labute approximate surface area is 87.0 Å². The van der Waals surface area contributed by atoms with Crippen molar-refractivity contribution in [1.82, 2.24) is 0 Å². The van der Waals surface area contributed by atoms with Crippen molar-refractivity contribution in [3.05, 3.63) is 22.7 Å². The van der Waals surface area contributed by atoms with Crippen LogP contribution >= 0.6 is 11.6 Å². The summed E-state index contributed by atoms with van der Waals surface area (Å²) in [5, 5.41) is 8.55. The number of carboxylic acid groups (broad SMARTS) is 1. The van der Waals surface area contributed by atoms with Crippen LogP contribution in [0.3, 0.4) is 0 Å². The molecule has 15 heavy (non-hydrogen) atoms. The summed E-state index contributed by atoms with van der Waals surface area (Å²) >= 11 is 5.54. The van der Waals surface area contributed by atoms with E-state index < -0.39 is 29.3 Å². The Morgan fingerprint density at radius 3 is 2.53 bits per heavy atom. The van der Waals surface area contributed by atoms with Gasteiger partial charge in [-0.15, -0.1) is 8.78 Å². The highest BCUT2D eigenvalue weighted by atomic mass is 35.5. The molecule has 0 aliphatic carbocycles. The number of carboxylic acids is 1. The highest BCUT2D eigenvalue weighted by Crippen LogP contribution is 2.47. The minimum Gasteiger partial charge on any atom is -0.478 e. The molecule has 0 saturated carbocycles. The second-order valence-corrected chi connectivity index (χ2v) is 3.13. The molecular weight excluding hydrogens is 234 g/mol. The molecule has 0 spiro atoms. The third-order valence-corrected chi connectivity index (χ3v) is 2.03. The summed E-state index contributed by atoms with van der Waals surface area (Å²) < 4.78 is 33.4. The van der Waals surface area contributed by atoms with Crippen LogP contribution in [0.15, 0.2) is 12.1 Å². The molecule has 0 atom stereocenters. The monoisotopic (exact) mass is 236 g/mol. The van der Waals surface area contributed by atoms with Gasteiger partial charge in [0.2, 0.25) is 0 Å². The van der Waals surface area contributed by atoms with E-state index in [1.165, 1.54) is 0 Å². The van der Waals surface area contributed by atoms with Crippen molar-refractivity contribution < 1.29 is 28.2 Å². The predicted molar refractivity (Wildman–Crippen MR) is 44.6 cm³/mol. The van der Waals surface area contributed by atoms with Crippen LogP contribution in [0.25, 0.3) is 0 Å². The molecule has 0 amide bonds. The molecule has 80 valence electrons. The summed E-state index contributed by atoms with van der Waals surface area (Å²) in [6.45, 7) is 0. The van der Waals surface area contributed by atoms with E-state index in [4.69, 9.17) is 16.7 Å². The number of carbonyl (C=O) groups is 1. The van der Waals surface area contributed by atoms with Crippen molar-refractivity contribution in [2.24, 2.45) is 0 Å². The van der Waals surface area contributed by atoms with Gasteiger partial charge in [-0.25, -0.2) is 4.79 Å². The summed E-state index contributed by atoms with van der Waals surface area (Å²) in [7, 11) is 0. The van der Waals surface area contributed by atoms with Crippen molar-refractivity contribution in [3.63, 3.8) is 0 Å².